The summed E-state index contributed by atoms with van der Waals surface area (Å²) in [6, 6.07) is 0. The van der Waals surface area contributed by atoms with Crippen molar-refractivity contribution in [3.8, 4) is 0 Å². The van der Waals surface area contributed by atoms with Gasteiger partial charge in [-0.3, -0.25) is 4.68 Å². The zero-order valence-corrected chi connectivity index (χ0v) is 15.6. The first-order chi connectivity index (χ1) is 13.0. The fourth-order valence-corrected chi connectivity index (χ4v) is 4.54. The summed E-state index contributed by atoms with van der Waals surface area (Å²) in [7, 11) is -4.11. The van der Waals surface area contributed by atoms with Gasteiger partial charge in [-0.05, 0) is 32.6 Å². The number of hydrogen-bond donors (Lipinski definition) is 1. The molecule has 28 heavy (non-hydrogen) atoms. The number of halogens is 5. The van der Waals surface area contributed by atoms with E-state index in [1.54, 1.807) is 0 Å². The summed E-state index contributed by atoms with van der Waals surface area (Å²) in [5, 5.41) is 7.34. The molecule has 0 fully saturated rings. The van der Waals surface area contributed by atoms with Gasteiger partial charge in [0.2, 0.25) is 10.0 Å². The van der Waals surface area contributed by atoms with Crippen LogP contribution < -0.4 is 4.72 Å². The second-order valence-electron chi connectivity index (χ2n) is 6.42. The van der Waals surface area contributed by atoms with E-state index in [4.69, 9.17) is 0 Å². The molecule has 7 nitrogen and oxygen atoms in total. The van der Waals surface area contributed by atoms with E-state index in [0.29, 0.717) is 25.0 Å². The molecule has 0 bridgehead atoms. The third kappa shape index (κ3) is 3.90. The van der Waals surface area contributed by atoms with Crippen LogP contribution in [0.2, 0.25) is 0 Å². The number of hydrogen-bond acceptors (Lipinski definition) is 4. The van der Waals surface area contributed by atoms with Gasteiger partial charge in [0.05, 0.1) is 17.6 Å². The lowest BCUT2D eigenvalue weighted by Gasteiger charge is -2.12. The van der Waals surface area contributed by atoms with Gasteiger partial charge in [-0.25, -0.2) is 17.8 Å². The highest BCUT2D eigenvalue weighted by atomic mass is 32.2. The Labute approximate surface area is 157 Å². The molecule has 3 rings (SSSR count). The first-order valence-corrected chi connectivity index (χ1v) is 9.98. The first kappa shape index (κ1) is 20.7. The van der Waals surface area contributed by atoms with Crippen LogP contribution in [-0.2, 0) is 35.6 Å². The number of aryl methyl sites for hydroxylation is 2. The number of rotatable bonds is 7. The van der Waals surface area contributed by atoms with Gasteiger partial charge in [0, 0.05) is 18.7 Å². The molecule has 0 aromatic carbocycles. The number of fused-ring (bicyclic) bond motifs is 1. The Morgan fingerprint density at radius 2 is 2.00 bits per heavy atom. The van der Waals surface area contributed by atoms with Crippen molar-refractivity contribution < 1.29 is 30.4 Å². The zero-order chi connectivity index (χ0) is 20.7. The molecule has 0 spiro atoms. The van der Waals surface area contributed by atoms with Crippen molar-refractivity contribution in [3.63, 3.8) is 0 Å². The predicted molar refractivity (Wildman–Crippen MR) is 87.3 cm³/mol. The standard InChI is InChI=1S/C15H18F5N5O2S/c1-9-12(8-21-25(9)14(16)17)28(26,27)22-6-3-7-24-13(15(18,19)20)10-4-2-5-11(10)23-24/h8,14,22H,2-7H2,1H3. The van der Waals surface area contributed by atoms with E-state index >= 15 is 0 Å². The van der Waals surface area contributed by atoms with Crippen LogP contribution in [0.4, 0.5) is 22.0 Å². The number of sulfonamides is 1. The molecule has 156 valence electrons. The van der Waals surface area contributed by atoms with Crippen molar-refractivity contribution in [2.45, 2.75) is 56.8 Å². The van der Waals surface area contributed by atoms with Gasteiger partial charge in [0.1, 0.15) is 10.6 Å². The van der Waals surface area contributed by atoms with Crippen molar-refractivity contribution in [3.05, 3.63) is 28.8 Å². The second kappa shape index (κ2) is 7.43. The predicted octanol–water partition coefficient (Wildman–Crippen LogP) is 2.66. The molecule has 0 radical (unpaired) electrons. The van der Waals surface area contributed by atoms with Gasteiger partial charge in [0.25, 0.3) is 0 Å². The van der Waals surface area contributed by atoms with Crippen LogP contribution in [0.5, 0.6) is 0 Å². The van der Waals surface area contributed by atoms with Gasteiger partial charge in [-0.2, -0.15) is 32.1 Å². The van der Waals surface area contributed by atoms with E-state index in [0.717, 1.165) is 10.9 Å². The maximum absolute atomic E-state index is 13.3. The molecule has 2 aromatic heterocycles. The summed E-state index contributed by atoms with van der Waals surface area (Å²) in [5.41, 5.74) is -0.367. The molecule has 0 aliphatic heterocycles. The quantitative estimate of drug-likeness (QED) is 0.544. The van der Waals surface area contributed by atoms with Crippen molar-refractivity contribution in [2.24, 2.45) is 0 Å². The molecular weight excluding hydrogens is 409 g/mol. The summed E-state index contributed by atoms with van der Waals surface area (Å²) in [4.78, 5) is -0.401. The van der Waals surface area contributed by atoms with Crippen LogP contribution in [0.15, 0.2) is 11.1 Å². The van der Waals surface area contributed by atoms with Gasteiger partial charge in [0.15, 0.2) is 0 Å². The Bertz CT molecular complexity index is 964. The highest BCUT2D eigenvalue weighted by molar-refractivity contribution is 7.89. The molecule has 0 atom stereocenters. The summed E-state index contributed by atoms with van der Waals surface area (Å²) in [5.74, 6) is 0. The van der Waals surface area contributed by atoms with Crippen LogP contribution in [0, 0.1) is 6.92 Å². The Morgan fingerprint density at radius 3 is 2.61 bits per heavy atom. The van der Waals surface area contributed by atoms with Crippen molar-refractivity contribution in [1.82, 2.24) is 24.3 Å². The van der Waals surface area contributed by atoms with E-state index in [9.17, 15) is 30.4 Å². The highest BCUT2D eigenvalue weighted by Crippen LogP contribution is 2.37. The molecule has 1 N–H and O–H groups in total. The van der Waals surface area contributed by atoms with E-state index in [-0.39, 0.29) is 35.4 Å². The Kier molecular flexibility index (Phi) is 5.49. The van der Waals surface area contributed by atoms with Crippen molar-refractivity contribution >= 4 is 10.0 Å². The first-order valence-electron chi connectivity index (χ1n) is 8.50. The number of nitrogens with one attached hydrogen (secondary N) is 1. The van der Waals surface area contributed by atoms with Crippen molar-refractivity contribution in [1.29, 1.82) is 0 Å². The van der Waals surface area contributed by atoms with Gasteiger partial charge in [-0.15, -0.1) is 0 Å². The average Bonchev–Trinajstić information content (AvgIpc) is 3.23. The third-order valence-corrected chi connectivity index (χ3v) is 6.12. The number of alkyl halides is 5. The van der Waals surface area contributed by atoms with Crippen LogP contribution >= 0.6 is 0 Å². The highest BCUT2D eigenvalue weighted by Gasteiger charge is 2.40. The molecule has 13 heteroatoms. The van der Waals surface area contributed by atoms with E-state index in [1.165, 1.54) is 6.92 Å². The summed E-state index contributed by atoms with van der Waals surface area (Å²) in [6.45, 7) is -2.09. The SMILES string of the molecule is Cc1c(S(=O)(=O)NCCCn2nc3c(c2C(F)(F)F)CCC3)cnn1C(F)F. The fraction of sp³-hybridized carbons (Fsp3) is 0.600. The molecule has 2 heterocycles. The lowest BCUT2D eigenvalue weighted by molar-refractivity contribution is -0.144. The fourth-order valence-electron chi connectivity index (χ4n) is 3.31. The summed E-state index contributed by atoms with van der Waals surface area (Å²) in [6.07, 6.45) is -2.23. The molecule has 1 aliphatic rings. The normalized spacial score (nSPS) is 14.8. The minimum absolute atomic E-state index is 0.0465. The van der Waals surface area contributed by atoms with Crippen molar-refractivity contribution in [2.75, 3.05) is 6.54 Å². The molecule has 0 amide bonds. The maximum atomic E-state index is 13.3. The molecule has 0 unspecified atom stereocenters. The third-order valence-electron chi connectivity index (χ3n) is 4.56. The largest absolute Gasteiger partial charge is 0.433 e. The summed E-state index contributed by atoms with van der Waals surface area (Å²) >= 11 is 0. The maximum Gasteiger partial charge on any atom is 0.433 e. The Balaban J connectivity index is 1.65. The van der Waals surface area contributed by atoms with Gasteiger partial charge >= 0.3 is 12.7 Å². The Morgan fingerprint density at radius 1 is 1.29 bits per heavy atom. The molecule has 0 saturated heterocycles. The van der Waals surface area contributed by atoms with E-state index in [2.05, 4.69) is 14.9 Å². The van der Waals surface area contributed by atoms with E-state index in [1.807, 2.05) is 0 Å². The minimum atomic E-state index is -4.54. The van der Waals surface area contributed by atoms with Crippen LogP contribution in [0.1, 0.15) is 42.0 Å². The second-order valence-corrected chi connectivity index (χ2v) is 8.15. The average molecular weight is 427 g/mol. The topological polar surface area (TPSA) is 81.8 Å². The molecule has 1 aliphatic carbocycles. The molecular formula is C15H18F5N5O2S. The Hall–Kier alpha value is -2.02. The smallest absolute Gasteiger partial charge is 0.260 e. The summed E-state index contributed by atoms with van der Waals surface area (Å²) < 4.78 is 93.2. The van der Waals surface area contributed by atoms with Crippen LogP contribution in [-0.4, -0.2) is 34.5 Å². The van der Waals surface area contributed by atoms with Crippen LogP contribution in [0.3, 0.4) is 0 Å². The van der Waals surface area contributed by atoms with Gasteiger partial charge < -0.3 is 0 Å². The van der Waals surface area contributed by atoms with Crippen LogP contribution in [0.25, 0.3) is 0 Å². The van der Waals surface area contributed by atoms with E-state index < -0.39 is 33.3 Å². The lowest BCUT2D eigenvalue weighted by Crippen LogP contribution is -2.27. The number of aromatic nitrogens is 4. The minimum Gasteiger partial charge on any atom is -0.260 e. The molecule has 2 aromatic rings. The molecule has 0 saturated carbocycles. The monoisotopic (exact) mass is 427 g/mol. The number of nitrogens with zero attached hydrogens (tertiary/aromatic N) is 4. The lowest BCUT2D eigenvalue weighted by atomic mass is 10.2. The zero-order valence-electron chi connectivity index (χ0n) is 14.8. The van der Waals surface area contributed by atoms with Gasteiger partial charge in [-0.1, -0.05) is 0 Å².